The van der Waals surface area contributed by atoms with Crippen LogP contribution in [0.4, 0.5) is 0 Å². The molecular weight excluding hydrogens is 168 g/mol. The van der Waals surface area contributed by atoms with Gasteiger partial charge >= 0.3 is 0 Å². The van der Waals surface area contributed by atoms with Crippen molar-refractivity contribution in [1.82, 2.24) is 0 Å². The first kappa shape index (κ1) is 7.81. The lowest BCUT2D eigenvalue weighted by Crippen LogP contribution is -1.96. The van der Waals surface area contributed by atoms with Crippen LogP contribution < -0.4 is 0 Å². The molecule has 0 atom stereocenters. The smallest absolute Gasteiger partial charge is 0.0526 e. The van der Waals surface area contributed by atoms with E-state index in [1.165, 1.54) is 22.6 Å². The van der Waals surface area contributed by atoms with Gasteiger partial charge in [-0.1, -0.05) is 60.2 Å². The fourth-order valence-electron chi connectivity index (χ4n) is 2.08. The van der Waals surface area contributed by atoms with E-state index in [0.717, 1.165) is 6.42 Å². The van der Waals surface area contributed by atoms with Gasteiger partial charge in [0.2, 0.25) is 0 Å². The zero-order valence-electron chi connectivity index (χ0n) is 7.90. The highest BCUT2D eigenvalue weighted by Gasteiger charge is 2.21. The van der Waals surface area contributed by atoms with Crippen molar-refractivity contribution >= 4 is 6.08 Å². The van der Waals surface area contributed by atoms with Crippen LogP contribution in [0.2, 0.25) is 0 Å². The Balaban J connectivity index is 2.02. The van der Waals surface area contributed by atoms with Crippen molar-refractivity contribution in [2.24, 2.45) is 0 Å². The maximum absolute atomic E-state index is 2.23. The number of benzene rings is 1. The Morgan fingerprint density at radius 3 is 2.79 bits per heavy atom. The summed E-state index contributed by atoms with van der Waals surface area (Å²) in [7, 11) is 0. The van der Waals surface area contributed by atoms with E-state index in [1.54, 1.807) is 0 Å². The quantitative estimate of drug-likeness (QED) is 0.618. The zero-order valence-corrected chi connectivity index (χ0v) is 7.90. The van der Waals surface area contributed by atoms with E-state index in [0.29, 0.717) is 0 Å². The molecule has 0 heterocycles. The fraction of sp³-hybridized carbons (Fsp3) is 0.0714. The summed E-state index contributed by atoms with van der Waals surface area (Å²) in [5, 5.41) is 0. The van der Waals surface area contributed by atoms with Crippen molar-refractivity contribution in [3.8, 4) is 0 Å². The van der Waals surface area contributed by atoms with Crippen LogP contribution in [0.25, 0.3) is 6.08 Å². The Bertz CT molecular complexity index is 447. The summed E-state index contributed by atoms with van der Waals surface area (Å²) in [6, 6.07) is 8.56. The summed E-state index contributed by atoms with van der Waals surface area (Å²) in [6.45, 7) is 0. The van der Waals surface area contributed by atoms with Crippen molar-refractivity contribution in [2.75, 3.05) is 0 Å². The van der Waals surface area contributed by atoms with Crippen LogP contribution in [0, 0.1) is 5.92 Å². The summed E-state index contributed by atoms with van der Waals surface area (Å²) in [5.74, 6) is 1.39. The first-order chi connectivity index (χ1) is 6.95. The number of hydrogen-bond donors (Lipinski definition) is 0. The Kier molecular flexibility index (Phi) is 1.66. The number of hydrogen-bond acceptors (Lipinski definition) is 0. The summed E-state index contributed by atoms with van der Waals surface area (Å²) in [5.41, 5.74) is 4.16. The summed E-state index contributed by atoms with van der Waals surface area (Å²) in [4.78, 5) is 0. The van der Waals surface area contributed by atoms with Crippen LogP contribution in [0.5, 0.6) is 0 Å². The highest BCUT2D eigenvalue weighted by Crippen LogP contribution is 2.36. The first-order valence-corrected chi connectivity index (χ1v) is 4.96. The lowest BCUT2D eigenvalue weighted by Gasteiger charge is -2.10. The standard InChI is InChI=1S/C14H11/c1-2-6-11(5-1)14-10-9-12-7-3-4-8-13(12)14/h1-5,7-10H,6H2. The minimum Gasteiger partial charge on any atom is -0.0804 e. The second-order valence-corrected chi connectivity index (χ2v) is 3.66. The lowest BCUT2D eigenvalue weighted by atomic mass is 9.92. The fourth-order valence-corrected chi connectivity index (χ4v) is 2.08. The third-order valence-electron chi connectivity index (χ3n) is 2.80. The molecule has 67 valence electrons. The number of fused-ring (bicyclic) bond motifs is 1. The monoisotopic (exact) mass is 179 g/mol. The molecule has 1 aromatic carbocycles. The maximum atomic E-state index is 2.23. The van der Waals surface area contributed by atoms with Gasteiger partial charge in [-0.3, -0.25) is 0 Å². The molecule has 0 N–H and O–H groups in total. The minimum absolute atomic E-state index is 1.08. The van der Waals surface area contributed by atoms with Crippen molar-refractivity contribution in [3.63, 3.8) is 0 Å². The van der Waals surface area contributed by atoms with Gasteiger partial charge in [0.1, 0.15) is 0 Å². The SMILES string of the molecule is C1=CCC([C]2C=Cc3ccccc32)=C1. The molecular formula is C14H11. The second kappa shape index (κ2) is 2.98. The first-order valence-electron chi connectivity index (χ1n) is 4.96. The predicted molar refractivity (Wildman–Crippen MR) is 59.7 cm³/mol. The lowest BCUT2D eigenvalue weighted by molar-refractivity contribution is 1.18. The third kappa shape index (κ3) is 1.07. The molecule has 1 radical (unpaired) electrons. The van der Waals surface area contributed by atoms with Crippen LogP contribution in [0.1, 0.15) is 17.5 Å². The number of rotatable bonds is 1. The van der Waals surface area contributed by atoms with Gasteiger partial charge in [-0.25, -0.2) is 0 Å². The van der Waals surface area contributed by atoms with Crippen LogP contribution in [0.15, 0.2) is 54.1 Å². The summed E-state index contributed by atoms with van der Waals surface area (Å²) < 4.78 is 0. The summed E-state index contributed by atoms with van der Waals surface area (Å²) in [6.07, 6.45) is 12.1. The molecule has 0 aliphatic heterocycles. The van der Waals surface area contributed by atoms with Gasteiger partial charge in [-0.15, -0.1) is 0 Å². The molecule has 0 bridgehead atoms. The van der Waals surface area contributed by atoms with Crippen molar-refractivity contribution in [3.05, 3.63) is 71.2 Å². The molecule has 0 amide bonds. The van der Waals surface area contributed by atoms with Gasteiger partial charge in [-0.2, -0.15) is 0 Å². The highest BCUT2D eigenvalue weighted by molar-refractivity contribution is 5.73. The molecule has 0 saturated heterocycles. The summed E-state index contributed by atoms with van der Waals surface area (Å²) >= 11 is 0. The van der Waals surface area contributed by atoms with Crippen molar-refractivity contribution in [1.29, 1.82) is 0 Å². The Hall–Kier alpha value is -1.56. The third-order valence-corrected chi connectivity index (χ3v) is 2.80. The van der Waals surface area contributed by atoms with Gasteiger partial charge in [-0.05, 0) is 17.5 Å². The molecule has 14 heavy (non-hydrogen) atoms. The molecule has 0 unspecified atom stereocenters. The van der Waals surface area contributed by atoms with Crippen molar-refractivity contribution < 1.29 is 0 Å². The normalized spacial score (nSPS) is 18.7. The largest absolute Gasteiger partial charge is 0.0804 e. The van der Waals surface area contributed by atoms with Gasteiger partial charge in [0, 0.05) is 0 Å². The van der Waals surface area contributed by atoms with E-state index in [2.05, 4.69) is 54.6 Å². The average Bonchev–Trinajstić information content (AvgIpc) is 2.85. The van der Waals surface area contributed by atoms with Crippen molar-refractivity contribution in [2.45, 2.75) is 6.42 Å². The molecule has 3 rings (SSSR count). The van der Waals surface area contributed by atoms with Crippen LogP contribution in [-0.4, -0.2) is 0 Å². The van der Waals surface area contributed by atoms with Gasteiger partial charge in [0.15, 0.2) is 0 Å². The van der Waals surface area contributed by atoms with Crippen LogP contribution >= 0.6 is 0 Å². The van der Waals surface area contributed by atoms with Crippen LogP contribution in [0.3, 0.4) is 0 Å². The molecule has 2 aliphatic carbocycles. The Morgan fingerprint density at radius 1 is 1.00 bits per heavy atom. The van der Waals surface area contributed by atoms with Gasteiger partial charge in [0.05, 0.1) is 5.92 Å². The minimum atomic E-state index is 1.08. The predicted octanol–water partition coefficient (Wildman–Crippen LogP) is 3.52. The van der Waals surface area contributed by atoms with Gasteiger partial charge in [0.25, 0.3) is 0 Å². The zero-order chi connectivity index (χ0) is 9.38. The maximum Gasteiger partial charge on any atom is 0.0526 e. The second-order valence-electron chi connectivity index (χ2n) is 3.66. The molecule has 0 fully saturated rings. The molecule has 0 saturated carbocycles. The molecule has 0 nitrogen and oxygen atoms in total. The van der Waals surface area contributed by atoms with E-state index in [4.69, 9.17) is 0 Å². The van der Waals surface area contributed by atoms with E-state index in [-0.39, 0.29) is 0 Å². The molecule has 0 heteroatoms. The molecule has 0 aromatic heterocycles. The number of allylic oxidation sites excluding steroid dienone is 5. The molecule has 1 aromatic rings. The van der Waals surface area contributed by atoms with Crippen LogP contribution in [-0.2, 0) is 0 Å². The molecule has 0 spiro atoms. The highest BCUT2D eigenvalue weighted by atomic mass is 14.2. The van der Waals surface area contributed by atoms with Gasteiger partial charge < -0.3 is 0 Å². The van der Waals surface area contributed by atoms with E-state index in [1.807, 2.05) is 0 Å². The Labute approximate surface area is 84.3 Å². The van der Waals surface area contributed by atoms with E-state index >= 15 is 0 Å². The molecule has 2 aliphatic rings. The van der Waals surface area contributed by atoms with E-state index < -0.39 is 0 Å². The van der Waals surface area contributed by atoms with E-state index in [9.17, 15) is 0 Å². The average molecular weight is 179 g/mol. The topological polar surface area (TPSA) is 0 Å². The Morgan fingerprint density at radius 2 is 1.93 bits per heavy atom.